The lowest BCUT2D eigenvalue weighted by molar-refractivity contribution is -0.141. The van der Waals surface area contributed by atoms with Crippen LogP contribution in [0.3, 0.4) is 0 Å². The van der Waals surface area contributed by atoms with E-state index in [0.29, 0.717) is 38.3 Å². The Kier molecular flexibility index (Phi) is 16.8. The summed E-state index contributed by atoms with van der Waals surface area (Å²) in [5, 5.41) is 24.4. The van der Waals surface area contributed by atoms with Crippen molar-refractivity contribution in [2.45, 2.75) is 123 Å². The highest BCUT2D eigenvalue weighted by molar-refractivity contribution is 5.68. The van der Waals surface area contributed by atoms with Crippen molar-refractivity contribution in [3.8, 4) is 0 Å². The van der Waals surface area contributed by atoms with Crippen LogP contribution in [0.1, 0.15) is 76.2 Å². The van der Waals surface area contributed by atoms with Crippen molar-refractivity contribution in [1.82, 2.24) is 30.2 Å². The first-order chi connectivity index (χ1) is 22.2. The molecule has 14 heteroatoms. The fourth-order valence-corrected chi connectivity index (χ4v) is 5.78. The number of rotatable bonds is 5. The summed E-state index contributed by atoms with van der Waals surface area (Å²) in [6, 6.07) is 1.10. The SMILES string of the molecule is C[C@@H]1CN(C(=O)OC(C)(C)C)CCN1.C[C@@H]1CN(C(=O)OC(C)(C)C)CCN1C[C@H]1COC(C)(C)O1.C[C@@H]1CNCCN1C[C@H](O)CO. The van der Waals surface area contributed by atoms with Gasteiger partial charge < -0.3 is 49.6 Å². The number of aliphatic hydroxyl groups excluding tert-OH is 2. The standard InChI is InChI=1S/C16H30N2O4.C10H20N2O2.C8H18N2O2/c1-12-9-18(14(19)22-15(2,3)4)8-7-17(12)10-13-11-20-16(5,6)21-13;1-8-7-12(6-5-11-8)9(13)14-10(2,3)4;1-7-4-9-2-3-10(7)5-8(12)6-11/h12-13H,7-11H2,1-6H3;8,11H,5-7H2,1-4H3;7-9,11-12H,2-6H2,1H3/t12-,13+;8-;7-,8+/m111/s1. The average molecular weight is 689 g/mol. The van der Waals surface area contributed by atoms with Crippen LogP contribution in [0.15, 0.2) is 0 Å². The minimum absolute atomic E-state index is 0.102. The molecule has 0 saturated carbocycles. The number of nitrogens with one attached hydrogen (secondary N) is 2. The molecule has 0 aromatic rings. The first kappa shape index (κ1) is 42.4. The minimum Gasteiger partial charge on any atom is -0.444 e. The molecule has 4 heterocycles. The molecule has 0 spiro atoms. The zero-order chi connectivity index (χ0) is 36.3. The summed E-state index contributed by atoms with van der Waals surface area (Å²) >= 11 is 0. The molecule has 0 aromatic carbocycles. The third-order valence-electron chi connectivity index (χ3n) is 8.24. The maximum Gasteiger partial charge on any atom is 0.410 e. The Morgan fingerprint density at radius 2 is 1.48 bits per heavy atom. The number of aliphatic hydroxyl groups is 2. The van der Waals surface area contributed by atoms with E-state index in [1.54, 1.807) is 9.80 Å². The van der Waals surface area contributed by atoms with Crippen molar-refractivity contribution in [2.24, 2.45) is 0 Å². The van der Waals surface area contributed by atoms with Crippen LogP contribution in [0.2, 0.25) is 0 Å². The number of carbonyl (C=O) groups excluding carboxylic acids is 2. The Morgan fingerprint density at radius 3 is 1.96 bits per heavy atom. The summed E-state index contributed by atoms with van der Waals surface area (Å²) in [6.07, 6.45) is -0.914. The molecule has 4 aliphatic rings. The summed E-state index contributed by atoms with van der Waals surface area (Å²) < 4.78 is 22.2. The van der Waals surface area contributed by atoms with Gasteiger partial charge in [0.1, 0.15) is 11.2 Å². The molecular weight excluding hydrogens is 620 g/mol. The third kappa shape index (κ3) is 16.3. The number of β-amino-alcohol motifs (C(OH)–C–C–N with tert-alkyl or cyclic N) is 1. The van der Waals surface area contributed by atoms with E-state index in [2.05, 4.69) is 41.2 Å². The Labute approximate surface area is 289 Å². The lowest BCUT2D eigenvalue weighted by atomic mass is 10.1. The topological polar surface area (TPSA) is 149 Å². The molecule has 4 rings (SSSR count). The normalized spacial score (nSPS) is 27.6. The van der Waals surface area contributed by atoms with E-state index in [9.17, 15) is 14.7 Å². The Morgan fingerprint density at radius 1 is 0.875 bits per heavy atom. The van der Waals surface area contributed by atoms with Crippen LogP contribution in [0.5, 0.6) is 0 Å². The van der Waals surface area contributed by atoms with Gasteiger partial charge in [-0.2, -0.15) is 0 Å². The molecule has 0 radical (unpaired) electrons. The van der Waals surface area contributed by atoms with Gasteiger partial charge in [-0.25, -0.2) is 9.59 Å². The summed E-state index contributed by atoms with van der Waals surface area (Å²) in [5.74, 6) is -0.480. The van der Waals surface area contributed by atoms with E-state index in [4.69, 9.17) is 24.1 Å². The largest absolute Gasteiger partial charge is 0.444 e. The number of nitrogens with zero attached hydrogens (tertiary/aromatic N) is 4. The average Bonchev–Trinajstić information content (AvgIpc) is 3.32. The smallest absolute Gasteiger partial charge is 0.410 e. The molecule has 48 heavy (non-hydrogen) atoms. The fourth-order valence-electron chi connectivity index (χ4n) is 5.78. The van der Waals surface area contributed by atoms with Gasteiger partial charge in [-0.3, -0.25) is 9.80 Å². The number of hydrogen-bond acceptors (Lipinski definition) is 12. The van der Waals surface area contributed by atoms with Gasteiger partial charge in [-0.05, 0) is 76.2 Å². The van der Waals surface area contributed by atoms with Crippen LogP contribution in [0.4, 0.5) is 9.59 Å². The summed E-state index contributed by atoms with van der Waals surface area (Å²) in [4.78, 5) is 31.9. The maximum absolute atomic E-state index is 12.1. The molecule has 282 valence electrons. The predicted molar refractivity (Wildman–Crippen MR) is 186 cm³/mol. The quantitative estimate of drug-likeness (QED) is 0.335. The van der Waals surface area contributed by atoms with Crippen LogP contribution in [-0.4, -0.2) is 175 Å². The lowest BCUT2D eigenvalue weighted by Gasteiger charge is -2.40. The highest BCUT2D eigenvalue weighted by Crippen LogP contribution is 2.24. The van der Waals surface area contributed by atoms with Gasteiger partial charge in [-0.15, -0.1) is 0 Å². The first-order valence-electron chi connectivity index (χ1n) is 17.7. The second kappa shape index (κ2) is 19.0. The van der Waals surface area contributed by atoms with E-state index >= 15 is 0 Å². The van der Waals surface area contributed by atoms with E-state index < -0.39 is 23.1 Å². The highest BCUT2D eigenvalue weighted by Gasteiger charge is 2.36. The van der Waals surface area contributed by atoms with Crippen LogP contribution in [0, 0.1) is 0 Å². The molecule has 4 aliphatic heterocycles. The maximum atomic E-state index is 12.1. The molecule has 0 bridgehead atoms. The van der Waals surface area contributed by atoms with E-state index in [1.165, 1.54) is 0 Å². The number of amides is 2. The van der Waals surface area contributed by atoms with Crippen LogP contribution in [-0.2, 0) is 18.9 Å². The second-order valence-corrected chi connectivity index (χ2v) is 15.9. The third-order valence-corrected chi connectivity index (χ3v) is 8.24. The molecule has 4 saturated heterocycles. The summed E-state index contributed by atoms with van der Waals surface area (Å²) in [5.41, 5.74) is -0.844. The lowest BCUT2D eigenvalue weighted by Crippen LogP contribution is -2.56. The Balaban J connectivity index is 0.000000266. The molecule has 2 amide bonds. The minimum atomic E-state index is -0.592. The zero-order valence-electron chi connectivity index (χ0n) is 31.7. The molecule has 0 aliphatic carbocycles. The van der Waals surface area contributed by atoms with Crippen molar-refractivity contribution in [3.05, 3.63) is 0 Å². The predicted octanol–water partition coefficient (Wildman–Crippen LogP) is 1.93. The number of carbonyl (C=O) groups is 2. The molecule has 0 unspecified atom stereocenters. The monoisotopic (exact) mass is 689 g/mol. The van der Waals surface area contributed by atoms with Crippen molar-refractivity contribution >= 4 is 12.2 Å². The van der Waals surface area contributed by atoms with Gasteiger partial charge in [0.25, 0.3) is 0 Å². The number of piperazine rings is 3. The second-order valence-electron chi connectivity index (χ2n) is 15.9. The summed E-state index contributed by atoms with van der Waals surface area (Å²) in [7, 11) is 0. The van der Waals surface area contributed by atoms with Gasteiger partial charge in [0.2, 0.25) is 0 Å². The van der Waals surface area contributed by atoms with Crippen molar-refractivity contribution in [3.63, 3.8) is 0 Å². The fraction of sp³-hybridized carbons (Fsp3) is 0.941. The van der Waals surface area contributed by atoms with E-state index in [0.717, 1.165) is 52.4 Å². The molecule has 0 aromatic heterocycles. The van der Waals surface area contributed by atoms with Crippen LogP contribution < -0.4 is 10.6 Å². The van der Waals surface area contributed by atoms with Gasteiger partial charge in [0.05, 0.1) is 25.4 Å². The van der Waals surface area contributed by atoms with Crippen molar-refractivity contribution in [2.75, 3.05) is 85.2 Å². The van der Waals surface area contributed by atoms with Crippen molar-refractivity contribution < 1.29 is 38.7 Å². The Bertz CT molecular complexity index is 974. The molecular formula is C34H68N6O8. The van der Waals surface area contributed by atoms with Gasteiger partial charge in [0, 0.05) is 90.1 Å². The molecule has 14 nitrogen and oxygen atoms in total. The van der Waals surface area contributed by atoms with E-state index in [1.807, 2.05) is 55.4 Å². The van der Waals surface area contributed by atoms with Gasteiger partial charge in [-0.1, -0.05) is 0 Å². The highest BCUT2D eigenvalue weighted by atomic mass is 16.7. The van der Waals surface area contributed by atoms with Crippen LogP contribution >= 0.6 is 0 Å². The van der Waals surface area contributed by atoms with Gasteiger partial charge >= 0.3 is 12.2 Å². The zero-order valence-corrected chi connectivity index (χ0v) is 31.7. The molecule has 4 N–H and O–H groups in total. The summed E-state index contributed by atoms with van der Waals surface area (Å²) in [6.45, 7) is 30.9. The van der Waals surface area contributed by atoms with E-state index in [-0.39, 0.29) is 30.9 Å². The Hall–Kier alpha value is -1.78. The number of hydrogen-bond donors (Lipinski definition) is 4. The van der Waals surface area contributed by atoms with Crippen molar-refractivity contribution in [1.29, 1.82) is 0 Å². The van der Waals surface area contributed by atoms with Gasteiger partial charge in [0.15, 0.2) is 5.79 Å². The molecule has 5 atom stereocenters. The first-order valence-corrected chi connectivity index (χ1v) is 17.7. The van der Waals surface area contributed by atoms with Crippen LogP contribution in [0.25, 0.3) is 0 Å². The number of ether oxygens (including phenoxy) is 4. The molecule has 4 fully saturated rings.